The van der Waals surface area contributed by atoms with Crippen molar-refractivity contribution in [3.63, 3.8) is 0 Å². The molecule has 2 aliphatic rings. The van der Waals surface area contributed by atoms with Gasteiger partial charge in [0.15, 0.2) is 0 Å². The molecule has 152 valence electrons. The zero-order valence-corrected chi connectivity index (χ0v) is 17.5. The normalized spacial score (nSPS) is 19.5. The lowest BCUT2D eigenvalue weighted by Gasteiger charge is -2.29. The van der Waals surface area contributed by atoms with E-state index in [0.717, 1.165) is 40.7 Å². The van der Waals surface area contributed by atoms with Gasteiger partial charge in [-0.1, -0.05) is 19.3 Å². The Labute approximate surface area is 167 Å². The third-order valence-electron chi connectivity index (χ3n) is 5.82. The number of rotatable bonds is 3. The van der Waals surface area contributed by atoms with Crippen molar-refractivity contribution in [2.45, 2.75) is 77.2 Å². The first-order valence-corrected chi connectivity index (χ1v) is 10.8. The first kappa shape index (κ1) is 19.4. The first-order valence-electron chi connectivity index (χ1n) is 9.94. The van der Waals surface area contributed by atoms with Crippen LogP contribution in [0.3, 0.4) is 0 Å². The van der Waals surface area contributed by atoms with E-state index in [2.05, 4.69) is 5.32 Å². The minimum Gasteiger partial charge on any atom is -0.370 e. The van der Waals surface area contributed by atoms with Crippen LogP contribution in [0.1, 0.15) is 56.4 Å². The van der Waals surface area contributed by atoms with Gasteiger partial charge in [0.1, 0.15) is 11.4 Å². The van der Waals surface area contributed by atoms with Crippen molar-refractivity contribution in [3.05, 3.63) is 31.3 Å². The van der Waals surface area contributed by atoms with E-state index in [1.807, 2.05) is 13.8 Å². The second-order valence-corrected chi connectivity index (χ2v) is 9.63. The van der Waals surface area contributed by atoms with E-state index in [-0.39, 0.29) is 29.7 Å². The molecular weight excluding hydrogens is 378 g/mol. The van der Waals surface area contributed by atoms with E-state index in [1.54, 1.807) is 7.05 Å². The summed E-state index contributed by atoms with van der Waals surface area (Å²) in [6.45, 7) is 4.20. The van der Waals surface area contributed by atoms with Crippen LogP contribution in [0.4, 0.5) is 0 Å². The highest BCUT2D eigenvalue weighted by Gasteiger charge is 2.31. The van der Waals surface area contributed by atoms with Crippen LogP contribution >= 0.6 is 11.3 Å². The Morgan fingerprint density at radius 1 is 1.25 bits per heavy atom. The van der Waals surface area contributed by atoms with Gasteiger partial charge in [0, 0.05) is 24.4 Å². The smallest absolute Gasteiger partial charge is 0.332 e. The fourth-order valence-electron chi connectivity index (χ4n) is 4.29. The summed E-state index contributed by atoms with van der Waals surface area (Å²) in [4.78, 5) is 40.2. The highest BCUT2D eigenvalue weighted by atomic mass is 32.1. The first-order chi connectivity index (χ1) is 13.3. The van der Waals surface area contributed by atoms with Crippen LogP contribution in [0.25, 0.3) is 10.2 Å². The highest BCUT2D eigenvalue weighted by molar-refractivity contribution is 7.18. The van der Waals surface area contributed by atoms with Crippen molar-refractivity contribution in [1.29, 1.82) is 0 Å². The van der Waals surface area contributed by atoms with E-state index in [9.17, 15) is 14.4 Å². The maximum atomic E-state index is 13.2. The number of aryl methyl sites for hydroxylation is 1. The largest absolute Gasteiger partial charge is 0.370 e. The van der Waals surface area contributed by atoms with E-state index in [1.165, 1.54) is 22.3 Å². The summed E-state index contributed by atoms with van der Waals surface area (Å²) < 4.78 is 8.43. The minimum absolute atomic E-state index is 0.149. The molecule has 0 atom stereocenters. The minimum atomic E-state index is -0.449. The van der Waals surface area contributed by atoms with Gasteiger partial charge in [0.2, 0.25) is 5.91 Å². The number of aromatic nitrogens is 2. The van der Waals surface area contributed by atoms with Gasteiger partial charge in [-0.3, -0.25) is 18.7 Å². The number of thiophene rings is 1. The summed E-state index contributed by atoms with van der Waals surface area (Å²) in [5.74, 6) is -0.266. The number of nitrogens with zero attached hydrogens (tertiary/aromatic N) is 2. The molecule has 1 fully saturated rings. The van der Waals surface area contributed by atoms with Crippen molar-refractivity contribution in [3.8, 4) is 0 Å². The monoisotopic (exact) mass is 405 g/mol. The zero-order chi connectivity index (χ0) is 20.1. The molecule has 28 heavy (non-hydrogen) atoms. The molecule has 1 N–H and O–H groups in total. The zero-order valence-electron chi connectivity index (χ0n) is 16.7. The van der Waals surface area contributed by atoms with Gasteiger partial charge in [-0.25, -0.2) is 4.79 Å². The van der Waals surface area contributed by atoms with E-state index < -0.39 is 5.69 Å². The van der Waals surface area contributed by atoms with E-state index in [0.29, 0.717) is 23.2 Å². The molecule has 8 heteroatoms. The number of hydrogen-bond donors (Lipinski definition) is 1. The summed E-state index contributed by atoms with van der Waals surface area (Å²) in [6, 6.07) is 0.149. The Bertz CT molecular complexity index is 1040. The molecule has 4 rings (SSSR count). The predicted molar refractivity (Wildman–Crippen MR) is 109 cm³/mol. The summed E-state index contributed by atoms with van der Waals surface area (Å²) in [6.07, 6.45) is 5.96. The van der Waals surface area contributed by atoms with Gasteiger partial charge in [-0.05, 0) is 32.3 Å². The summed E-state index contributed by atoms with van der Waals surface area (Å²) in [5.41, 5.74) is -0.217. The third kappa shape index (κ3) is 3.43. The van der Waals surface area contributed by atoms with Gasteiger partial charge in [0.05, 0.1) is 17.6 Å². The average Bonchev–Trinajstić information content (AvgIpc) is 3.02. The van der Waals surface area contributed by atoms with E-state index >= 15 is 0 Å². The lowest BCUT2D eigenvalue weighted by molar-refractivity contribution is -0.122. The Balaban J connectivity index is 1.72. The summed E-state index contributed by atoms with van der Waals surface area (Å²) >= 11 is 1.44. The molecule has 2 aromatic heterocycles. The van der Waals surface area contributed by atoms with E-state index in [4.69, 9.17) is 4.74 Å². The van der Waals surface area contributed by atoms with Crippen molar-refractivity contribution >= 4 is 27.5 Å². The molecule has 1 aliphatic carbocycles. The molecule has 1 aliphatic heterocycles. The Kier molecular flexibility index (Phi) is 4.95. The third-order valence-corrected chi connectivity index (χ3v) is 7.10. The van der Waals surface area contributed by atoms with Crippen molar-refractivity contribution in [2.24, 2.45) is 7.05 Å². The molecule has 0 saturated heterocycles. The molecular formula is C20H27N3O4S. The number of amides is 1. The number of fused-ring (bicyclic) bond motifs is 3. The molecule has 1 saturated carbocycles. The lowest BCUT2D eigenvalue weighted by Crippen LogP contribution is -2.45. The highest BCUT2D eigenvalue weighted by Crippen LogP contribution is 2.36. The second-order valence-electron chi connectivity index (χ2n) is 8.54. The van der Waals surface area contributed by atoms with Crippen LogP contribution in [-0.2, 0) is 36.2 Å². The maximum Gasteiger partial charge on any atom is 0.332 e. The quantitative estimate of drug-likeness (QED) is 0.847. The van der Waals surface area contributed by atoms with Crippen molar-refractivity contribution in [1.82, 2.24) is 14.5 Å². The fraction of sp³-hybridized carbons (Fsp3) is 0.650. The van der Waals surface area contributed by atoms with Crippen molar-refractivity contribution in [2.75, 3.05) is 0 Å². The fourth-order valence-corrected chi connectivity index (χ4v) is 5.47. The molecule has 1 amide bonds. The molecule has 0 unspecified atom stereocenters. The Morgan fingerprint density at radius 2 is 1.96 bits per heavy atom. The molecule has 0 aromatic carbocycles. The van der Waals surface area contributed by atoms with Gasteiger partial charge < -0.3 is 10.1 Å². The second kappa shape index (κ2) is 7.15. The number of ether oxygens (including phenoxy) is 1. The van der Waals surface area contributed by atoms with Crippen LogP contribution < -0.4 is 16.6 Å². The number of carbonyl (C=O) groups excluding carboxylic acids is 1. The standard InChI is InChI=1S/C20H27N3O4S/c1-20(2)9-13-14(11-27-20)28-18-16(13)17(25)23(19(26)22(18)3)10-15(24)21-12-7-5-4-6-8-12/h12H,4-11H2,1-3H3,(H,21,24). The van der Waals surface area contributed by atoms with Gasteiger partial charge in [0.25, 0.3) is 5.56 Å². The van der Waals surface area contributed by atoms with Crippen LogP contribution in [-0.4, -0.2) is 26.7 Å². The SMILES string of the molecule is Cn1c(=O)n(CC(=O)NC2CCCCC2)c(=O)c2c3c(sc21)COC(C)(C)C3. The average molecular weight is 406 g/mol. The Morgan fingerprint density at radius 3 is 2.68 bits per heavy atom. The van der Waals surface area contributed by atoms with Crippen LogP contribution in [0.15, 0.2) is 9.59 Å². The topological polar surface area (TPSA) is 82.3 Å². The number of carbonyl (C=O) groups is 1. The lowest BCUT2D eigenvalue weighted by atomic mass is 9.94. The molecule has 0 spiro atoms. The molecule has 0 radical (unpaired) electrons. The van der Waals surface area contributed by atoms with Crippen LogP contribution in [0.2, 0.25) is 0 Å². The van der Waals surface area contributed by atoms with Gasteiger partial charge >= 0.3 is 5.69 Å². The van der Waals surface area contributed by atoms with Gasteiger partial charge in [-0.15, -0.1) is 11.3 Å². The Hall–Kier alpha value is -1.93. The molecule has 3 heterocycles. The summed E-state index contributed by atoms with van der Waals surface area (Å²) in [5, 5.41) is 3.55. The molecule has 2 aromatic rings. The predicted octanol–water partition coefficient (Wildman–Crippen LogP) is 2.06. The number of hydrogen-bond acceptors (Lipinski definition) is 5. The van der Waals surface area contributed by atoms with Crippen molar-refractivity contribution < 1.29 is 9.53 Å². The molecule has 0 bridgehead atoms. The van der Waals surface area contributed by atoms with Crippen LogP contribution in [0.5, 0.6) is 0 Å². The van der Waals surface area contributed by atoms with Gasteiger partial charge in [-0.2, -0.15) is 0 Å². The molecule has 7 nitrogen and oxygen atoms in total. The number of nitrogens with one attached hydrogen (secondary N) is 1. The van der Waals surface area contributed by atoms with Crippen LogP contribution in [0, 0.1) is 0 Å². The summed E-state index contributed by atoms with van der Waals surface area (Å²) in [7, 11) is 1.66. The maximum absolute atomic E-state index is 13.2.